The Hall–Kier alpha value is -2.94. The molecule has 0 amide bonds. The molecule has 0 saturated carbocycles. The first-order chi connectivity index (χ1) is 11.9. The lowest BCUT2D eigenvalue weighted by atomic mass is 9.91. The van der Waals surface area contributed by atoms with Crippen molar-refractivity contribution in [2.45, 2.75) is 26.2 Å². The number of H-pyrrole nitrogens is 1. The van der Waals surface area contributed by atoms with Gasteiger partial charge in [-0.05, 0) is 17.7 Å². The molecule has 4 rings (SSSR count). The number of aromatic amines is 1. The van der Waals surface area contributed by atoms with E-state index in [4.69, 9.17) is 4.98 Å². The summed E-state index contributed by atoms with van der Waals surface area (Å²) in [5.41, 5.74) is 4.43. The van der Waals surface area contributed by atoms with E-state index in [2.05, 4.69) is 37.9 Å². The monoisotopic (exact) mass is 328 g/mol. The lowest BCUT2D eigenvalue weighted by Gasteiger charge is -2.18. The molecule has 4 aromatic rings. The van der Waals surface area contributed by atoms with Gasteiger partial charge in [-0.1, -0.05) is 63.2 Å². The minimum atomic E-state index is -0.0479. The average Bonchev–Trinajstić information content (AvgIpc) is 2.61. The van der Waals surface area contributed by atoms with Crippen LogP contribution in [0.4, 0.5) is 0 Å². The fourth-order valence-corrected chi connectivity index (χ4v) is 3.09. The summed E-state index contributed by atoms with van der Waals surface area (Å²) in [7, 11) is 0. The van der Waals surface area contributed by atoms with Crippen LogP contribution >= 0.6 is 0 Å². The number of hydrogen-bond acceptors (Lipinski definition) is 2. The Morgan fingerprint density at radius 3 is 2.36 bits per heavy atom. The van der Waals surface area contributed by atoms with Gasteiger partial charge < -0.3 is 4.98 Å². The highest BCUT2D eigenvalue weighted by Crippen LogP contribution is 2.27. The van der Waals surface area contributed by atoms with Crippen LogP contribution in [0, 0.1) is 0 Å². The first kappa shape index (κ1) is 15.6. The van der Waals surface area contributed by atoms with Crippen LogP contribution in [0.25, 0.3) is 33.1 Å². The van der Waals surface area contributed by atoms with E-state index in [-0.39, 0.29) is 10.8 Å². The molecule has 0 saturated heterocycles. The van der Waals surface area contributed by atoms with E-state index in [9.17, 15) is 4.79 Å². The number of pyridine rings is 2. The van der Waals surface area contributed by atoms with Gasteiger partial charge in [-0.2, -0.15) is 0 Å². The fourth-order valence-electron chi connectivity index (χ4n) is 3.09. The van der Waals surface area contributed by atoms with Crippen molar-refractivity contribution in [1.29, 1.82) is 0 Å². The van der Waals surface area contributed by atoms with E-state index in [1.807, 2.05) is 42.5 Å². The Labute approximate surface area is 146 Å². The van der Waals surface area contributed by atoms with E-state index < -0.39 is 0 Å². The van der Waals surface area contributed by atoms with Gasteiger partial charge in [0.1, 0.15) is 0 Å². The predicted octanol–water partition coefficient (Wildman–Crippen LogP) is 5.04. The molecule has 2 heterocycles. The van der Waals surface area contributed by atoms with Gasteiger partial charge in [0.2, 0.25) is 0 Å². The summed E-state index contributed by atoms with van der Waals surface area (Å²) in [6.07, 6.45) is 0. The van der Waals surface area contributed by atoms with Crippen molar-refractivity contribution in [1.82, 2.24) is 9.97 Å². The highest BCUT2D eigenvalue weighted by atomic mass is 16.1. The first-order valence-electron chi connectivity index (χ1n) is 8.46. The molecule has 2 aromatic carbocycles. The van der Waals surface area contributed by atoms with E-state index in [0.29, 0.717) is 5.39 Å². The summed E-state index contributed by atoms with van der Waals surface area (Å²) in [5.74, 6) is 0. The standard InChI is InChI=1S/C22H20N2O/c1-22(2,3)19-12-10-15-9-11-16-18(25)13-17(14-7-5-4-6-8-14)23-21(16)20(15)24-19/h4-13H,1-3H3,(H,23,25). The van der Waals surface area contributed by atoms with Crippen molar-refractivity contribution in [3.8, 4) is 11.3 Å². The molecule has 0 aliphatic heterocycles. The molecule has 0 radical (unpaired) electrons. The summed E-state index contributed by atoms with van der Waals surface area (Å²) in [6, 6.07) is 19.5. The second kappa shape index (κ2) is 5.55. The van der Waals surface area contributed by atoms with Crippen molar-refractivity contribution in [3.05, 3.63) is 76.6 Å². The van der Waals surface area contributed by atoms with Gasteiger partial charge in [0.15, 0.2) is 5.43 Å². The summed E-state index contributed by atoms with van der Waals surface area (Å²) in [4.78, 5) is 21.0. The zero-order valence-corrected chi connectivity index (χ0v) is 14.6. The number of rotatable bonds is 1. The highest BCUT2D eigenvalue weighted by molar-refractivity contribution is 6.03. The number of nitrogens with zero attached hydrogens (tertiary/aromatic N) is 1. The lowest BCUT2D eigenvalue weighted by molar-refractivity contribution is 0.571. The van der Waals surface area contributed by atoms with Crippen LogP contribution in [0.2, 0.25) is 0 Å². The minimum Gasteiger partial charge on any atom is -0.353 e. The molecule has 1 N–H and O–H groups in total. The maximum absolute atomic E-state index is 12.7. The predicted molar refractivity (Wildman–Crippen MR) is 104 cm³/mol. The van der Waals surface area contributed by atoms with Crippen LogP contribution in [-0.2, 0) is 5.41 Å². The van der Waals surface area contributed by atoms with Crippen molar-refractivity contribution >= 4 is 21.8 Å². The number of aromatic nitrogens is 2. The van der Waals surface area contributed by atoms with Crippen molar-refractivity contribution in [2.75, 3.05) is 0 Å². The van der Waals surface area contributed by atoms with E-state index >= 15 is 0 Å². The van der Waals surface area contributed by atoms with E-state index in [1.165, 1.54) is 0 Å². The second-order valence-electron chi connectivity index (χ2n) is 7.42. The van der Waals surface area contributed by atoms with Gasteiger partial charge in [0, 0.05) is 33.6 Å². The topological polar surface area (TPSA) is 45.8 Å². The molecule has 3 nitrogen and oxygen atoms in total. The van der Waals surface area contributed by atoms with Gasteiger partial charge in [-0.3, -0.25) is 9.78 Å². The number of benzene rings is 2. The lowest BCUT2D eigenvalue weighted by Crippen LogP contribution is -2.13. The van der Waals surface area contributed by atoms with Crippen LogP contribution in [0.5, 0.6) is 0 Å². The number of nitrogens with one attached hydrogen (secondary N) is 1. The highest BCUT2D eigenvalue weighted by Gasteiger charge is 2.17. The first-order valence-corrected chi connectivity index (χ1v) is 8.46. The van der Waals surface area contributed by atoms with E-state index in [1.54, 1.807) is 6.07 Å². The maximum atomic E-state index is 12.7. The van der Waals surface area contributed by atoms with Crippen molar-refractivity contribution < 1.29 is 0 Å². The van der Waals surface area contributed by atoms with Gasteiger partial charge in [-0.25, -0.2) is 0 Å². The summed E-state index contributed by atoms with van der Waals surface area (Å²) in [6.45, 7) is 6.43. The van der Waals surface area contributed by atoms with Crippen LogP contribution in [-0.4, -0.2) is 9.97 Å². The van der Waals surface area contributed by atoms with Crippen LogP contribution in [0.3, 0.4) is 0 Å². The van der Waals surface area contributed by atoms with Crippen LogP contribution in [0.15, 0.2) is 65.5 Å². The molecule has 25 heavy (non-hydrogen) atoms. The van der Waals surface area contributed by atoms with Gasteiger partial charge in [-0.15, -0.1) is 0 Å². The van der Waals surface area contributed by atoms with Crippen molar-refractivity contribution in [3.63, 3.8) is 0 Å². The molecule has 0 spiro atoms. The Balaban J connectivity index is 2.08. The van der Waals surface area contributed by atoms with Crippen LogP contribution in [0.1, 0.15) is 26.5 Å². The zero-order chi connectivity index (χ0) is 17.6. The number of fused-ring (bicyclic) bond motifs is 3. The van der Waals surface area contributed by atoms with Gasteiger partial charge >= 0.3 is 0 Å². The smallest absolute Gasteiger partial charge is 0.190 e. The molecule has 2 aromatic heterocycles. The fraction of sp³-hybridized carbons (Fsp3) is 0.182. The Morgan fingerprint density at radius 2 is 1.64 bits per heavy atom. The van der Waals surface area contributed by atoms with Gasteiger partial charge in [0.25, 0.3) is 0 Å². The molecule has 0 fully saturated rings. The van der Waals surface area contributed by atoms with Crippen molar-refractivity contribution in [2.24, 2.45) is 0 Å². The molecule has 0 unspecified atom stereocenters. The third-order valence-corrected chi connectivity index (χ3v) is 4.52. The molecule has 0 aliphatic rings. The molecule has 0 bridgehead atoms. The molecule has 0 atom stereocenters. The normalized spacial score (nSPS) is 12.0. The third kappa shape index (κ3) is 2.72. The molecular weight excluding hydrogens is 308 g/mol. The summed E-state index contributed by atoms with van der Waals surface area (Å²) >= 11 is 0. The van der Waals surface area contributed by atoms with Gasteiger partial charge in [0.05, 0.1) is 11.0 Å². The summed E-state index contributed by atoms with van der Waals surface area (Å²) in [5, 5.41) is 1.70. The largest absolute Gasteiger partial charge is 0.353 e. The molecular formula is C22H20N2O. The Morgan fingerprint density at radius 1 is 0.920 bits per heavy atom. The zero-order valence-electron chi connectivity index (χ0n) is 14.6. The average molecular weight is 328 g/mol. The van der Waals surface area contributed by atoms with Crippen LogP contribution < -0.4 is 5.43 Å². The maximum Gasteiger partial charge on any atom is 0.190 e. The minimum absolute atomic E-state index is 0.0115. The number of hydrogen-bond donors (Lipinski definition) is 1. The molecule has 124 valence electrons. The Bertz CT molecular complexity index is 1140. The molecule has 3 heteroatoms. The quantitative estimate of drug-likeness (QED) is 0.497. The summed E-state index contributed by atoms with van der Waals surface area (Å²) < 4.78 is 0. The van der Waals surface area contributed by atoms with E-state index in [0.717, 1.165) is 33.4 Å². The Kier molecular flexibility index (Phi) is 3.46. The third-order valence-electron chi connectivity index (χ3n) is 4.52. The second-order valence-corrected chi connectivity index (χ2v) is 7.42. The SMILES string of the molecule is CC(C)(C)c1ccc2ccc3c(=O)cc(-c4ccccc4)[nH]c3c2n1. The molecule has 0 aliphatic carbocycles.